The number of aliphatic hydroxyl groups excluding tert-OH is 1. The van der Waals surface area contributed by atoms with Crippen LogP contribution < -0.4 is 11.1 Å². The van der Waals surface area contributed by atoms with Crippen molar-refractivity contribution in [2.75, 3.05) is 47.5 Å². The van der Waals surface area contributed by atoms with E-state index in [0.717, 1.165) is 142 Å². The number of carboxylic acid groups (broad SMARTS) is 1. The molecule has 1 amide bonds. The molecule has 0 bridgehead atoms. The van der Waals surface area contributed by atoms with Crippen molar-refractivity contribution in [2.45, 2.75) is 54.0 Å². The summed E-state index contributed by atoms with van der Waals surface area (Å²) < 4.78 is 41.2. The Balaban J connectivity index is 0.000000148. The van der Waals surface area contributed by atoms with Crippen molar-refractivity contribution < 1.29 is 32.4 Å². The fourth-order valence-electron chi connectivity index (χ4n) is 14.7. The van der Waals surface area contributed by atoms with Gasteiger partial charge in [-0.2, -0.15) is 8.42 Å². The lowest BCUT2D eigenvalue weighted by atomic mass is 10.1. The van der Waals surface area contributed by atoms with Crippen LogP contribution >= 0.6 is 63.7 Å². The number of hydrogen-bond donors (Lipinski definition) is 4. The average Bonchev–Trinajstić information content (AvgIpc) is 1.65. The molecule has 636 valence electrons. The molecule has 0 fully saturated rings. The molecule has 125 heavy (non-hydrogen) atoms. The number of likely N-dealkylation sites (N-methyl/N-ethyl adjacent to an activating group) is 2. The predicted molar refractivity (Wildman–Crippen MR) is 526 cm³/mol. The van der Waals surface area contributed by atoms with E-state index in [1.165, 1.54) is 39.2 Å². The fraction of sp³-hybridized carbons (Fsp3) is 0.143. The number of aliphatic carboxylic acids is 1. The minimum atomic E-state index is -3.50. The molecule has 0 aliphatic heterocycles. The van der Waals surface area contributed by atoms with Crippen molar-refractivity contribution in [3.63, 3.8) is 0 Å². The highest BCUT2D eigenvalue weighted by Gasteiger charge is 2.22. The van der Waals surface area contributed by atoms with Crippen LogP contribution in [0.15, 0.2) is 358 Å². The summed E-state index contributed by atoms with van der Waals surface area (Å²) in [7, 11) is 3.72. The van der Waals surface area contributed by atoms with Crippen molar-refractivity contribution in [3.8, 4) is 113 Å². The van der Waals surface area contributed by atoms with E-state index in [1.54, 1.807) is 19.0 Å². The van der Waals surface area contributed by atoms with Gasteiger partial charge in [0.05, 0.1) is 78.1 Å². The molecule has 0 radical (unpaired) electrons. The minimum Gasteiger partial charge on any atom is -0.480 e. The third kappa shape index (κ3) is 24.7. The standard InChI is InChI=1S/C28H28BrN3O.C25H22BrNO3S.C24H21BrN2.C24H20BrNO.C4H9NO2/c1-20-7-4-5-10-25(20)32-26(22-11-13-24(29)14-12-22)15-16-27(32)23-9-6-8-21(17-23)18-30-28(33)19-31(2)3;1-18-6-3-4-9-23(18)27-24(20-10-12-22(26)13-11-20)14-15-25(27)21-8-5-7-19(16-21)17-30-31(2,28)29;1-17-5-2-3-8-22(17)27-23(19-9-11-21(25)12-10-19)13-14-24(27)20-7-4-6-18(15-20)16-26;1-17-5-2-3-8-22(17)26-23(19-9-11-21(25)12-10-19)13-14-24(26)20-7-4-6-18(15-20)16-27;1-5(2)3-4(6)7/h4-17H,18-19H2,1-3H3,(H,30,33);3-16H,17H2,1-2H3;2-15H,16,26H2,1H3;2-15,27H,16H2,1H3;3H2,1-2H3,(H,6,7). The van der Waals surface area contributed by atoms with Gasteiger partial charge in [0.2, 0.25) is 5.91 Å². The van der Waals surface area contributed by atoms with Gasteiger partial charge >= 0.3 is 5.97 Å². The quantitative estimate of drug-likeness (QED) is 0.0450. The number of nitrogens with two attached hydrogens (primary N) is 1. The van der Waals surface area contributed by atoms with E-state index in [2.05, 4.69) is 394 Å². The SMILES string of the molecule is CN(C)CC(=O)O.Cc1ccccc1-n1c(-c2ccc(Br)cc2)ccc1-c1cccc(CN)c1.Cc1ccccc1-n1c(-c2ccc(Br)cc2)ccc1-c1cccc(CNC(=O)CN(C)C)c1.Cc1ccccc1-n1c(-c2ccc(Br)cc2)ccc1-c1cccc(CO)c1.Cc1ccccc1-n1c(-c2ccc(Br)cc2)ccc1-c1cccc(COS(C)(=O)=O)c1. The molecule has 5 N–H and O–H groups in total. The highest BCUT2D eigenvalue weighted by Crippen LogP contribution is 2.40. The Morgan fingerprint density at radius 3 is 0.888 bits per heavy atom. The van der Waals surface area contributed by atoms with Crippen molar-refractivity contribution in [2.24, 2.45) is 5.73 Å². The van der Waals surface area contributed by atoms with Gasteiger partial charge in [0.25, 0.3) is 10.1 Å². The minimum absolute atomic E-state index is 0.0112. The highest BCUT2D eigenvalue weighted by molar-refractivity contribution is 9.11. The normalized spacial score (nSPS) is 11.0. The highest BCUT2D eigenvalue weighted by atomic mass is 79.9. The molecule has 0 saturated carbocycles. The predicted octanol–water partition coefficient (Wildman–Crippen LogP) is 24.8. The molecule has 15 nitrogen and oxygen atoms in total. The van der Waals surface area contributed by atoms with Gasteiger partial charge in [-0.15, -0.1) is 0 Å². The van der Waals surface area contributed by atoms with Gasteiger partial charge < -0.3 is 44.4 Å². The smallest absolute Gasteiger partial charge is 0.317 e. The van der Waals surface area contributed by atoms with E-state index in [1.807, 2.05) is 79.7 Å². The van der Waals surface area contributed by atoms with Crippen LogP contribution in [0.1, 0.15) is 44.5 Å². The first-order valence-electron chi connectivity index (χ1n) is 40.7. The first-order valence-corrected chi connectivity index (χ1v) is 45.7. The summed E-state index contributed by atoms with van der Waals surface area (Å²) in [6.07, 6.45) is 1.06. The second-order valence-corrected chi connectivity index (χ2v) is 36.0. The molecule has 4 aromatic heterocycles. The van der Waals surface area contributed by atoms with Crippen molar-refractivity contribution in [3.05, 3.63) is 402 Å². The largest absolute Gasteiger partial charge is 0.480 e. The Hall–Kier alpha value is -11.6. The lowest BCUT2D eigenvalue weighted by Gasteiger charge is -2.17. The second-order valence-electron chi connectivity index (χ2n) is 30.7. The van der Waals surface area contributed by atoms with Crippen LogP contribution in [-0.4, -0.2) is 106 Å². The molecule has 12 aromatic carbocycles. The summed E-state index contributed by atoms with van der Waals surface area (Å²) in [6.45, 7) is 10.1. The van der Waals surface area contributed by atoms with E-state index in [9.17, 15) is 23.1 Å². The number of nitrogens with zero attached hydrogens (tertiary/aromatic N) is 6. The van der Waals surface area contributed by atoms with Gasteiger partial charge in [-0.3, -0.25) is 18.7 Å². The van der Waals surface area contributed by atoms with Gasteiger partial charge in [0.15, 0.2) is 0 Å². The maximum absolute atomic E-state index is 12.1. The third-order valence-electron chi connectivity index (χ3n) is 20.7. The summed E-state index contributed by atoms with van der Waals surface area (Å²) in [5.74, 6) is -0.767. The van der Waals surface area contributed by atoms with E-state index >= 15 is 0 Å². The van der Waals surface area contributed by atoms with Crippen LogP contribution in [0.4, 0.5) is 0 Å². The van der Waals surface area contributed by atoms with Gasteiger partial charge in [-0.1, -0.05) is 258 Å². The Bertz CT molecular complexity index is 6300. The summed E-state index contributed by atoms with van der Waals surface area (Å²) >= 11 is 14.1. The van der Waals surface area contributed by atoms with Crippen LogP contribution in [0.3, 0.4) is 0 Å². The molecule has 0 aliphatic rings. The number of hydrogen-bond acceptors (Lipinski definition) is 9. The number of halogens is 4. The number of rotatable bonds is 23. The number of carboxylic acids is 1. The molecular weight excluding hydrogens is 1840 g/mol. The van der Waals surface area contributed by atoms with E-state index in [-0.39, 0.29) is 25.7 Å². The van der Waals surface area contributed by atoms with Crippen LogP contribution in [0, 0.1) is 27.7 Å². The Morgan fingerprint density at radius 1 is 0.352 bits per heavy atom. The van der Waals surface area contributed by atoms with Gasteiger partial charge in [0, 0.05) is 53.7 Å². The molecule has 0 spiro atoms. The number of carbonyl (C=O) groups is 2. The monoisotopic (exact) mass is 1930 g/mol. The molecule has 16 aromatic rings. The van der Waals surface area contributed by atoms with Crippen molar-refractivity contribution >= 4 is 85.7 Å². The van der Waals surface area contributed by atoms with Crippen LogP contribution in [0.5, 0.6) is 0 Å². The van der Waals surface area contributed by atoms with E-state index in [0.29, 0.717) is 19.6 Å². The fourth-order valence-corrected chi connectivity index (χ4v) is 16.1. The molecule has 20 heteroatoms. The van der Waals surface area contributed by atoms with Crippen LogP contribution in [0.2, 0.25) is 0 Å². The maximum atomic E-state index is 12.1. The van der Waals surface area contributed by atoms with Crippen molar-refractivity contribution in [1.82, 2.24) is 33.4 Å². The molecule has 4 heterocycles. The summed E-state index contributed by atoms with van der Waals surface area (Å²) in [5.41, 5.74) is 37.1. The lowest BCUT2D eigenvalue weighted by Crippen LogP contribution is -2.32. The van der Waals surface area contributed by atoms with Gasteiger partial charge in [-0.25, -0.2) is 0 Å². The zero-order valence-corrected chi connectivity index (χ0v) is 78.4. The Labute approximate surface area is 767 Å². The number of benzene rings is 12. The molecular formula is C105H100Br4N8O7S. The van der Waals surface area contributed by atoms with Gasteiger partial charge in [-0.05, 0) is 290 Å². The Morgan fingerprint density at radius 2 is 0.616 bits per heavy atom. The number of carbonyl (C=O) groups excluding carboxylic acids is 1. The molecule has 0 unspecified atom stereocenters. The molecule has 0 aliphatic carbocycles. The van der Waals surface area contributed by atoms with E-state index in [4.69, 9.17) is 15.0 Å². The number of aliphatic hydroxyl groups is 1. The maximum Gasteiger partial charge on any atom is 0.317 e. The zero-order valence-electron chi connectivity index (χ0n) is 71.2. The summed E-state index contributed by atoms with van der Waals surface area (Å²) in [4.78, 5) is 25.3. The lowest BCUT2D eigenvalue weighted by molar-refractivity contribution is -0.137. The Kier molecular flexibility index (Phi) is 32.4. The number of aryl methyl sites for hydroxylation is 4. The van der Waals surface area contributed by atoms with E-state index < -0.39 is 16.1 Å². The molecule has 0 saturated heterocycles. The topological polar surface area (TPSA) is 182 Å². The number of amides is 1. The van der Waals surface area contributed by atoms with Gasteiger partial charge in [0.1, 0.15) is 0 Å². The summed E-state index contributed by atoms with van der Waals surface area (Å²) in [5, 5.41) is 20.6. The first kappa shape index (κ1) is 92.5. The van der Waals surface area contributed by atoms with Crippen LogP contribution in [0.25, 0.3) is 113 Å². The number of aromatic nitrogens is 4. The second kappa shape index (κ2) is 43.8. The third-order valence-corrected chi connectivity index (χ3v) is 23.3. The van der Waals surface area contributed by atoms with Crippen LogP contribution in [-0.2, 0) is 50.2 Å². The first-order chi connectivity index (χ1) is 60.2. The summed E-state index contributed by atoms with van der Waals surface area (Å²) in [6, 6.07) is 117. The average molecular weight is 1940 g/mol. The number of para-hydroxylation sites is 4. The zero-order chi connectivity index (χ0) is 88.8. The van der Waals surface area contributed by atoms with Crippen molar-refractivity contribution in [1.29, 1.82) is 0 Å². The molecule has 16 rings (SSSR count). The molecule has 0 atom stereocenters. The number of nitrogens with one attached hydrogen (secondary N) is 1.